The highest BCUT2D eigenvalue weighted by atomic mass is 35.5. The first-order valence-corrected chi connectivity index (χ1v) is 12.1. The summed E-state index contributed by atoms with van der Waals surface area (Å²) >= 11 is 6.62. The lowest BCUT2D eigenvalue weighted by Gasteiger charge is -2.42. The van der Waals surface area contributed by atoms with E-state index < -0.39 is 5.91 Å². The highest BCUT2D eigenvalue weighted by Gasteiger charge is 2.38. The SMILES string of the molecule is COc1cc(OC)c(NC(=O)c2ccc(Oc3cc4c(cc3Cl)C(C)(C)CCC4(C)C)o2)c(OC)c1. The maximum Gasteiger partial charge on any atom is 0.291 e. The predicted molar refractivity (Wildman–Crippen MR) is 140 cm³/mol. The van der Waals surface area contributed by atoms with Gasteiger partial charge in [-0.3, -0.25) is 4.79 Å². The summed E-state index contributed by atoms with van der Waals surface area (Å²) in [6.45, 7) is 8.94. The fourth-order valence-electron chi connectivity index (χ4n) is 4.56. The Morgan fingerprint density at radius 2 is 1.44 bits per heavy atom. The van der Waals surface area contributed by atoms with Gasteiger partial charge in [-0.25, -0.2) is 0 Å². The van der Waals surface area contributed by atoms with Gasteiger partial charge < -0.3 is 28.7 Å². The van der Waals surface area contributed by atoms with Crippen LogP contribution in [0, 0.1) is 0 Å². The number of hydrogen-bond acceptors (Lipinski definition) is 6. The zero-order chi connectivity index (χ0) is 26.3. The molecule has 0 aliphatic heterocycles. The number of fused-ring (bicyclic) bond motifs is 1. The largest absolute Gasteiger partial charge is 0.496 e. The molecule has 0 atom stereocenters. The molecule has 0 spiro atoms. The first-order chi connectivity index (χ1) is 17.0. The molecule has 192 valence electrons. The monoisotopic (exact) mass is 513 g/mol. The lowest BCUT2D eigenvalue weighted by molar-refractivity contribution is 0.0991. The van der Waals surface area contributed by atoms with Crippen molar-refractivity contribution in [2.75, 3.05) is 26.6 Å². The van der Waals surface area contributed by atoms with Crippen molar-refractivity contribution in [2.45, 2.75) is 51.4 Å². The highest BCUT2D eigenvalue weighted by Crippen LogP contribution is 2.49. The van der Waals surface area contributed by atoms with Crippen LogP contribution in [0.5, 0.6) is 28.9 Å². The van der Waals surface area contributed by atoms with Crippen molar-refractivity contribution < 1.29 is 28.2 Å². The van der Waals surface area contributed by atoms with Crippen LogP contribution in [0.4, 0.5) is 5.69 Å². The summed E-state index contributed by atoms with van der Waals surface area (Å²) in [4.78, 5) is 13.0. The Bertz CT molecular complexity index is 1270. The zero-order valence-electron chi connectivity index (χ0n) is 21.7. The Kier molecular flexibility index (Phi) is 6.88. The molecule has 2 aromatic carbocycles. The minimum atomic E-state index is -0.494. The standard InChI is InChI=1S/C28H32ClNO6/c1-27(2)10-11-28(3,4)18-15-21(19(29)14-17(18)27)36-24-9-8-20(35-24)26(31)30-25-22(33-6)12-16(32-5)13-23(25)34-7/h8-9,12-15H,10-11H2,1-7H3,(H,30,31). The molecule has 7 nitrogen and oxygen atoms in total. The second-order valence-corrected chi connectivity index (χ2v) is 10.6. The molecule has 1 heterocycles. The maximum absolute atomic E-state index is 13.0. The summed E-state index contributed by atoms with van der Waals surface area (Å²) in [7, 11) is 4.52. The molecule has 1 N–H and O–H groups in total. The van der Waals surface area contributed by atoms with Crippen LogP contribution in [-0.4, -0.2) is 27.2 Å². The summed E-state index contributed by atoms with van der Waals surface area (Å²) in [5.74, 6) is 1.50. The van der Waals surface area contributed by atoms with Gasteiger partial charge in [-0.1, -0.05) is 39.3 Å². The zero-order valence-corrected chi connectivity index (χ0v) is 22.5. The van der Waals surface area contributed by atoms with Gasteiger partial charge in [0.1, 0.15) is 28.7 Å². The molecule has 0 bridgehead atoms. The molecule has 3 aromatic rings. The van der Waals surface area contributed by atoms with Gasteiger partial charge in [-0.05, 0) is 53.0 Å². The third kappa shape index (κ3) is 4.85. The predicted octanol–water partition coefficient (Wildman–Crippen LogP) is 7.35. The van der Waals surface area contributed by atoms with Gasteiger partial charge in [0.15, 0.2) is 5.76 Å². The van der Waals surface area contributed by atoms with E-state index >= 15 is 0 Å². The first-order valence-electron chi connectivity index (χ1n) is 11.7. The fraction of sp³-hybridized carbons (Fsp3) is 0.393. The van der Waals surface area contributed by atoms with Gasteiger partial charge in [-0.15, -0.1) is 0 Å². The number of nitrogens with one attached hydrogen (secondary N) is 1. The molecule has 1 amide bonds. The second kappa shape index (κ2) is 9.62. The smallest absolute Gasteiger partial charge is 0.291 e. The van der Waals surface area contributed by atoms with Crippen molar-refractivity contribution in [2.24, 2.45) is 0 Å². The van der Waals surface area contributed by atoms with E-state index in [9.17, 15) is 4.79 Å². The lowest BCUT2D eigenvalue weighted by atomic mass is 9.63. The third-order valence-electron chi connectivity index (χ3n) is 6.87. The van der Waals surface area contributed by atoms with Crippen molar-refractivity contribution >= 4 is 23.2 Å². The number of hydrogen-bond donors (Lipinski definition) is 1. The number of benzene rings is 2. The van der Waals surface area contributed by atoms with Gasteiger partial charge >= 0.3 is 0 Å². The van der Waals surface area contributed by atoms with E-state index in [2.05, 4.69) is 33.0 Å². The van der Waals surface area contributed by atoms with Crippen LogP contribution in [0.15, 0.2) is 40.8 Å². The number of methoxy groups -OCH3 is 3. The number of carbonyl (C=O) groups is 1. The minimum Gasteiger partial charge on any atom is -0.496 e. The third-order valence-corrected chi connectivity index (χ3v) is 7.17. The summed E-state index contributed by atoms with van der Waals surface area (Å²) < 4.78 is 27.7. The van der Waals surface area contributed by atoms with Crippen LogP contribution in [0.25, 0.3) is 0 Å². The molecular formula is C28H32ClNO6. The molecular weight excluding hydrogens is 482 g/mol. The van der Waals surface area contributed by atoms with Gasteiger partial charge in [0.25, 0.3) is 11.9 Å². The average molecular weight is 514 g/mol. The number of carbonyl (C=O) groups excluding carboxylic acids is 1. The van der Waals surface area contributed by atoms with Crippen molar-refractivity contribution in [3.8, 4) is 28.9 Å². The number of rotatable bonds is 7. The quantitative estimate of drug-likeness (QED) is 0.355. The molecule has 8 heteroatoms. The fourth-order valence-corrected chi connectivity index (χ4v) is 4.76. The van der Waals surface area contributed by atoms with E-state index in [4.69, 9.17) is 35.0 Å². The van der Waals surface area contributed by atoms with Crippen molar-refractivity contribution in [1.29, 1.82) is 0 Å². The topological polar surface area (TPSA) is 79.2 Å². The number of ether oxygens (including phenoxy) is 4. The van der Waals surface area contributed by atoms with E-state index in [0.29, 0.717) is 33.7 Å². The van der Waals surface area contributed by atoms with Crippen LogP contribution < -0.4 is 24.3 Å². The number of anilines is 1. The minimum absolute atomic E-state index is 0.00175. The summed E-state index contributed by atoms with van der Waals surface area (Å²) in [5.41, 5.74) is 2.83. The lowest BCUT2D eigenvalue weighted by Crippen LogP contribution is -2.33. The highest BCUT2D eigenvalue weighted by molar-refractivity contribution is 6.32. The van der Waals surface area contributed by atoms with Crippen LogP contribution in [0.3, 0.4) is 0 Å². The number of furan rings is 1. The first kappa shape index (κ1) is 25.8. The van der Waals surface area contributed by atoms with Gasteiger partial charge in [0.2, 0.25) is 0 Å². The van der Waals surface area contributed by atoms with Gasteiger partial charge in [0, 0.05) is 18.2 Å². The molecule has 0 fully saturated rings. The van der Waals surface area contributed by atoms with E-state index in [1.807, 2.05) is 12.1 Å². The Hall–Kier alpha value is -3.32. The summed E-state index contributed by atoms with van der Waals surface area (Å²) in [6.07, 6.45) is 2.15. The summed E-state index contributed by atoms with van der Waals surface area (Å²) in [5, 5.41) is 3.27. The maximum atomic E-state index is 13.0. The van der Waals surface area contributed by atoms with E-state index in [0.717, 1.165) is 12.8 Å². The average Bonchev–Trinajstić information content (AvgIpc) is 3.31. The normalized spacial score (nSPS) is 15.6. The molecule has 0 saturated heterocycles. The molecule has 0 radical (unpaired) electrons. The van der Waals surface area contributed by atoms with Crippen molar-refractivity contribution in [3.63, 3.8) is 0 Å². The molecule has 0 saturated carbocycles. The van der Waals surface area contributed by atoms with Crippen molar-refractivity contribution in [3.05, 3.63) is 58.3 Å². The molecule has 36 heavy (non-hydrogen) atoms. The number of amides is 1. The molecule has 0 unspecified atom stereocenters. The molecule has 1 aromatic heterocycles. The molecule has 1 aliphatic rings. The van der Waals surface area contributed by atoms with E-state index in [1.165, 1.54) is 38.5 Å². The van der Waals surface area contributed by atoms with E-state index in [1.54, 1.807) is 18.2 Å². The number of halogens is 1. The molecule has 1 aliphatic carbocycles. The van der Waals surface area contributed by atoms with Crippen LogP contribution in [-0.2, 0) is 10.8 Å². The Balaban J connectivity index is 1.58. The second-order valence-electron chi connectivity index (χ2n) is 10.2. The summed E-state index contributed by atoms with van der Waals surface area (Å²) in [6, 6.07) is 10.4. The van der Waals surface area contributed by atoms with Crippen LogP contribution >= 0.6 is 11.6 Å². The Morgan fingerprint density at radius 1 is 0.861 bits per heavy atom. The Morgan fingerprint density at radius 3 is 2.00 bits per heavy atom. The van der Waals surface area contributed by atoms with E-state index in [-0.39, 0.29) is 22.5 Å². The molecule has 4 rings (SSSR count). The van der Waals surface area contributed by atoms with Crippen molar-refractivity contribution in [1.82, 2.24) is 0 Å². The Labute approximate surface area is 216 Å². The van der Waals surface area contributed by atoms with Crippen LogP contribution in [0.2, 0.25) is 5.02 Å². The van der Waals surface area contributed by atoms with Gasteiger partial charge in [0.05, 0.1) is 26.4 Å². The van der Waals surface area contributed by atoms with Gasteiger partial charge in [-0.2, -0.15) is 0 Å². The van der Waals surface area contributed by atoms with Crippen LogP contribution in [0.1, 0.15) is 62.2 Å².